The van der Waals surface area contributed by atoms with Gasteiger partial charge in [0.15, 0.2) is 0 Å². The average Bonchev–Trinajstić information content (AvgIpc) is 2.05. The van der Waals surface area contributed by atoms with Gasteiger partial charge in [0.05, 0.1) is 12.7 Å². The van der Waals surface area contributed by atoms with Crippen molar-refractivity contribution in [3.63, 3.8) is 0 Å². The number of aliphatic hydroxyl groups excluding tert-OH is 1. The van der Waals surface area contributed by atoms with Gasteiger partial charge in [0, 0.05) is 17.9 Å². The monoisotopic (exact) mass is 208 g/mol. The normalized spacial score (nSPS) is 30.0. The van der Waals surface area contributed by atoms with E-state index in [2.05, 4.69) is 15.9 Å². The summed E-state index contributed by atoms with van der Waals surface area (Å²) in [6.07, 6.45) is 1.97. The van der Waals surface area contributed by atoms with Gasteiger partial charge >= 0.3 is 0 Å². The number of rotatable bonds is 2. The van der Waals surface area contributed by atoms with Crippen LogP contribution in [-0.4, -0.2) is 29.8 Å². The number of aliphatic hydroxyl groups is 1. The third-order valence-corrected chi connectivity index (χ3v) is 2.56. The summed E-state index contributed by atoms with van der Waals surface area (Å²) < 4.78 is 5.22. The molecule has 0 saturated carbocycles. The molecule has 2 atom stereocenters. The Kier molecular flexibility index (Phi) is 3.66. The summed E-state index contributed by atoms with van der Waals surface area (Å²) in [6.45, 7) is 1.60. The Labute approximate surface area is 69.7 Å². The van der Waals surface area contributed by atoms with E-state index in [9.17, 15) is 5.11 Å². The van der Waals surface area contributed by atoms with Crippen LogP contribution in [0.4, 0.5) is 0 Å². The van der Waals surface area contributed by atoms with E-state index >= 15 is 0 Å². The highest BCUT2D eigenvalue weighted by molar-refractivity contribution is 9.09. The van der Waals surface area contributed by atoms with Gasteiger partial charge in [-0.05, 0) is 12.8 Å². The number of hydrogen-bond acceptors (Lipinski definition) is 2. The van der Waals surface area contributed by atoms with Crippen molar-refractivity contribution in [1.82, 2.24) is 0 Å². The van der Waals surface area contributed by atoms with Crippen LogP contribution in [0.2, 0.25) is 0 Å². The summed E-state index contributed by atoms with van der Waals surface area (Å²) in [6, 6.07) is 0. The van der Waals surface area contributed by atoms with Crippen molar-refractivity contribution in [2.75, 3.05) is 18.5 Å². The molecule has 0 aromatic carbocycles. The third-order valence-electron chi connectivity index (χ3n) is 1.90. The Morgan fingerprint density at radius 1 is 1.70 bits per heavy atom. The second-order valence-corrected chi connectivity index (χ2v) is 3.35. The first-order chi connectivity index (χ1) is 4.84. The van der Waals surface area contributed by atoms with E-state index in [0.717, 1.165) is 26.1 Å². The molecule has 0 amide bonds. The highest BCUT2D eigenvalue weighted by atomic mass is 79.9. The van der Waals surface area contributed by atoms with Crippen molar-refractivity contribution in [2.45, 2.75) is 18.9 Å². The van der Waals surface area contributed by atoms with Gasteiger partial charge in [-0.2, -0.15) is 0 Å². The Bertz CT molecular complexity index is 91.6. The van der Waals surface area contributed by atoms with Crippen molar-refractivity contribution >= 4 is 15.9 Å². The first-order valence-electron chi connectivity index (χ1n) is 3.66. The molecule has 1 fully saturated rings. The van der Waals surface area contributed by atoms with Crippen LogP contribution < -0.4 is 0 Å². The minimum atomic E-state index is -0.222. The van der Waals surface area contributed by atoms with Gasteiger partial charge in [-0.3, -0.25) is 0 Å². The zero-order valence-corrected chi connectivity index (χ0v) is 7.51. The number of halogens is 1. The van der Waals surface area contributed by atoms with E-state index in [0.29, 0.717) is 11.2 Å². The molecule has 0 aliphatic carbocycles. The van der Waals surface area contributed by atoms with E-state index in [1.807, 2.05) is 0 Å². The quantitative estimate of drug-likeness (QED) is 0.691. The van der Waals surface area contributed by atoms with Crippen LogP contribution in [0.15, 0.2) is 0 Å². The lowest BCUT2D eigenvalue weighted by Crippen LogP contribution is -2.29. The van der Waals surface area contributed by atoms with Crippen molar-refractivity contribution < 1.29 is 9.84 Å². The molecule has 0 radical (unpaired) electrons. The standard InChI is InChI=1S/C7H13BrO2/c8-4-7(9)6-2-1-3-10-5-6/h6-7,9H,1-5H2/t6-,7-/m1/s1. The van der Waals surface area contributed by atoms with Crippen LogP contribution >= 0.6 is 15.9 Å². The zero-order chi connectivity index (χ0) is 7.40. The van der Waals surface area contributed by atoms with Crippen molar-refractivity contribution in [2.24, 2.45) is 5.92 Å². The molecular weight excluding hydrogens is 196 g/mol. The third kappa shape index (κ3) is 2.22. The summed E-state index contributed by atoms with van der Waals surface area (Å²) in [5.41, 5.74) is 0. The van der Waals surface area contributed by atoms with E-state index in [1.54, 1.807) is 0 Å². The molecule has 1 aliphatic heterocycles. The van der Waals surface area contributed by atoms with E-state index in [-0.39, 0.29) is 6.10 Å². The fourth-order valence-corrected chi connectivity index (χ4v) is 1.72. The fraction of sp³-hybridized carbons (Fsp3) is 1.00. The van der Waals surface area contributed by atoms with Gasteiger partial charge in [0.25, 0.3) is 0 Å². The van der Waals surface area contributed by atoms with Crippen molar-refractivity contribution in [3.8, 4) is 0 Å². The second-order valence-electron chi connectivity index (χ2n) is 2.70. The molecule has 1 heterocycles. The summed E-state index contributed by atoms with van der Waals surface area (Å²) in [5.74, 6) is 0.355. The van der Waals surface area contributed by atoms with E-state index in [4.69, 9.17) is 4.74 Å². The lowest BCUT2D eigenvalue weighted by molar-refractivity contribution is 0.000364. The maximum Gasteiger partial charge on any atom is 0.0687 e. The average molecular weight is 209 g/mol. The highest BCUT2D eigenvalue weighted by Crippen LogP contribution is 2.18. The lowest BCUT2D eigenvalue weighted by atomic mass is 9.97. The molecule has 60 valence electrons. The molecule has 1 N–H and O–H groups in total. The van der Waals surface area contributed by atoms with Crippen LogP contribution in [0, 0.1) is 5.92 Å². The Balaban J connectivity index is 2.24. The Hall–Kier alpha value is 0.400. The molecule has 2 nitrogen and oxygen atoms in total. The van der Waals surface area contributed by atoms with Crippen LogP contribution in [0.25, 0.3) is 0 Å². The summed E-state index contributed by atoms with van der Waals surface area (Å²) in [5, 5.41) is 10.0. The molecule has 1 saturated heterocycles. The van der Waals surface area contributed by atoms with Crippen LogP contribution in [0.1, 0.15) is 12.8 Å². The minimum absolute atomic E-state index is 0.222. The number of alkyl halides is 1. The maximum atomic E-state index is 9.36. The molecule has 1 aliphatic rings. The summed E-state index contributed by atoms with van der Waals surface area (Å²) in [4.78, 5) is 0. The van der Waals surface area contributed by atoms with Gasteiger partial charge in [-0.25, -0.2) is 0 Å². The van der Waals surface area contributed by atoms with Gasteiger partial charge < -0.3 is 9.84 Å². The van der Waals surface area contributed by atoms with Crippen molar-refractivity contribution in [3.05, 3.63) is 0 Å². The Morgan fingerprint density at radius 3 is 3.00 bits per heavy atom. The van der Waals surface area contributed by atoms with Crippen LogP contribution in [-0.2, 0) is 4.74 Å². The molecule has 0 aromatic rings. The van der Waals surface area contributed by atoms with E-state index < -0.39 is 0 Å². The molecule has 10 heavy (non-hydrogen) atoms. The summed E-state index contributed by atoms with van der Waals surface area (Å²) in [7, 11) is 0. The molecule has 0 bridgehead atoms. The largest absolute Gasteiger partial charge is 0.392 e. The van der Waals surface area contributed by atoms with Gasteiger partial charge in [-0.1, -0.05) is 15.9 Å². The smallest absolute Gasteiger partial charge is 0.0687 e. The van der Waals surface area contributed by atoms with Gasteiger partial charge in [-0.15, -0.1) is 0 Å². The van der Waals surface area contributed by atoms with E-state index in [1.165, 1.54) is 0 Å². The van der Waals surface area contributed by atoms with Crippen LogP contribution in [0.5, 0.6) is 0 Å². The van der Waals surface area contributed by atoms with Crippen LogP contribution in [0.3, 0.4) is 0 Å². The predicted octanol–water partition coefficient (Wildman–Crippen LogP) is 1.17. The number of ether oxygens (including phenoxy) is 1. The Morgan fingerprint density at radius 2 is 2.50 bits per heavy atom. The predicted molar refractivity (Wildman–Crippen MR) is 43.3 cm³/mol. The highest BCUT2D eigenvalue weighted by Gasteiger charge is 2.20. The van der Waals surface area contributed by atoms with Gasteiger partial charge in [0.2, 0.25) is 0 Å². The van der Waals surface area contributed by atoms with Crippen molar-refractivity contribution in [1.29, 1.82) is 0 Å². The SMILES string of the molecule is O[C@H](CBr)[C@@H]1CCCOC1. The molecule has 3 heteroatoms. The fourth-order valence-electron chi connectivity index (χ4n) is 1.20. The molecule has 1 rings (SSSR count). The second kappa shape index (κ2) is 4.31. The van der Waals surface area contributed by atoms with Gasteiger partial charge in [0.1, 0.15) is 0 Å². The maximum absolute atomic E-state index is 9.36. The number of hydrogen-bond donors (Lipinski definition) is 1. The first kappa shape index (κ1) is 8.50. The summed E-state index contributed by atoms with van der Waals surface area (Å²) >= 11 is 3.24. The molecule has 0 aromatic heterocycles. The lowest BCUT2D eigenvalue weighted by Gasteiger charge is -2.25. The molecular formula is C7H13BrO2. The molecule has 0 unspecified atom stereocenters. The molecule has 0 spiro atoms. The minimum Gasteiger partial charge on any atom is -0.392 e. The first-order valence-corrected chi connectivity index (χ1v) is 4.78. The topological polar surface area (TPSA) is 29.5 Å². The zero-order valence-electron chi connectivity index (χ0n) is 5.92.